The van der Waals surface area contributed by atoms with Gasteiger partial charge in [-0.15, -0.1) is 5.10 Å². The van der Waals surface area contributed by atoms with E-state index in [0.29, 0.717) is 16.8 Å². The number of aliphatic hydroxyl groups excluding tert-OH is 2. The standard InChI is InChI=1S/C18H21N5O5S/c1-13(26)19-18-20-17-6-5-15(12-23(17)21-18)14-3-2-4-16(11-14)29(27,28)22(7-9-24)8-10-25/h2-6,11-12,24-25H,7-10H2,1H3,(H,19,21,26). The first-order chi connectivity index (χ1) is 13.8. The third kappa shape index (κ3) is 4.59. The number of amides is 1. The van der Waals surface area contributed by atoms with Gasteiger partial charge in [0.15, 0.2) is 5.65 Å². The molecule has 2 aromatic heterocycles. The third-order valence-electron chi connectivity index (χ3n) is 4.12. The molecule has 29 heavy (non-hydrogen) atoms. The first-order valence-electron chi connectivity index (χ1n) is 8.81. The van der Waals surface area contributed by atoms with Crippen LogP contribution in [-0.4, -0.2) is 69.7 Å². The van der Waals surface area contributed by atoms with Gasteiger partial charge >= 0.3 is 0 Å². The highest BCUT2D eigenvalue weighted by Gasteiger charge is 2.24. The highest BCUT2D eigenvalue weighted by molar-refractivity contribution is 7.89. The number of hydrogen-bond acceptors (Lipinski definition) is 7. The number of anilines is 1. The van der Waals surface area contributed by atoms with Crippen LogP contribution in [0.15, 0.2) is 47.5 Å². The molecule has 0 spiro atoms. The van der Waals surface area contributed by atoms with Crippen LogP contribution in [0.25, 0.3) is 16.8 Å². The minimum Gasteiger partial charge on any atom is -0.395 e. The van der Waals surface area contributed by atoms with E-state index in [1.165, 1.54) is 23.6 Å². The van der Waals surface area contributed by atoms with Crippen molar-refractivity contribution in [3.05, 3.63) is 42.6 Å². The summed E-state index contributed by atoms with van der Waals surface area (Å²) in [6.45, 7) is 0.449. The summed E-state index contributed by atoms with van der Waals surface area (Å²) in [4.78, 5) is 15.4. The van der Waals surface area contributed by atoms with Crippen LogP contribution in [-0.2, 0) is 14.8 Å². The van der Waals surface area contributed by atoms with Gasteiger partial charge in [0.25, 0.3) is 0 Å². The van der Waals surface area contributed by atoms with Gasteiger partial charge in [0.05, 0.1) is 18.1 Å². The third-order valence-corrected chi connectivity index (χ3v) is 6.02. The lowest BCUT2D eigenvalue weighted by atomic mass is 10.1. The van der Waals surface area contributed by atoms with E-state index in [4.69, 9.17) is 10.2 Å². The van der Waals surface area contributed by atoms with Crippen LogP contribution in [0.4, 0.5) is 5.95 Å². The summed E-state index contributed by atoms with van der Waals surface area (Å²) in [5.41, 5.74) is 1.86. The van der Waals surface area contributed by atoms with Crippen LogP contribution < -0.4 is 5.32 Å². The Balaban J connectivity index is 1.97. The summed E-state index contributed by atoms with van der Waals surface area (Å²) in [6, 6.07) is 9.83. The molecule has 0 aliphatic rings. The zero-order valence-electron chi connectivity index (χ0n) is 15.7. The van der Waals surface area contributed by atoms with Crippen molar-refractivity contribution in [2.45, 2.75) is 11.8 Å². The molecule has 0 atom stereocenters. The number of nitrogens with zero attached hydrogens (tertiary/aromatic N) is 4. The quantitative estimate of drug-likeness (QED) is 0.478. The number of fused-ring (bicyclic) bond motifs is 1. The van der Waals surface area contributed by atoms with E-state index in [2.05, 4.69) is 15.4 Å². The van der Waals surface area contributed by atoms with Gasteiger partial charge in [0.1, 0.15) is 0 Å². The van der Waals surface area contributed by atoms with Crippen molar-refractivity contribution in [2.75, 3.05) is 31.6 Å². The number of hydrogen-bond donors (Lipinski definition) is 3. The first-order valence-corrected chi connectivity index (χ1v) is 10.3. The fourth-order valence-corrected chi connectivity index (χ4v) is 4.29. The molecule has 3 rings (SSSR count). The summed E-state index contributed by atoms with van der Waals surface area (Å²) in [5, 5.41) is 25.0. The molecule has 1 amide bonds. The Labute approximate surface area is 167 Å². The van der Waals surface area contributed by atoms with E-state index < -0.39 is 10.0 Å². The molecular weight excluding hydrogens is 398 g/mol. The van der Waals surface area contributed by atoms with Gasteiger partial charge in [0.2, 0.25) is 21.9 Å². The fraction of sp³-hybridized carbons (Fsp3) is 0.278. The van der Waals surface area contributed by atoms with Gasteiger partial charge in [-0.1, -0.05) is 12.1 Å². The number of carbonyl (C=O) groups excluding carboxylic acids is 1. The van der Waals surface area contributed by atoms with Crippen molar-refractivity contribution in [3.63, 3.8) is 0 Å². The molecule has 0 aliphatic heterocycles. The van der Waals surface area contributed by atoms with E-state index in [1.54, 1.807) is 30.5 Å². The molecule has 0 saturated carbocycles. The summed E-state index contributed by atoms with van der Waals surface area (Å²) in [6.07, 6.45) is 1.68. The molecule has 0 radical (unpaired) electrons. The van der Waals surface area contributed by atoms with Crippen LogP contribution in [0.5, 0.6) is 0 Å². The molecule has 0 saturated heterocycles. The molecule has 154 valence electrons. The van der Waals surface area contributed by atoms with Crippen LogP contribution in [0.2, 0.25) is 0 Å². The number of aromatic nitrogens is 3. The number of nitrogens with one attached hydrogen (secondary N) is 1. The lowest BCUT2D eigenvalue weighted by Crippen LogP contribution is -2.35. The van der Waals surface area contributed by atoms with Crippen LogP contribution in [0.1, 0.15) is 6.92 Å². The molecular formula is C18H21N5O5S. The average molecular weight is 419 g/mol. The summed E-state index contributed by atoms with van der Waals surface area (Å²) in [7, 11) is -3.88. The van der Waals surface area contributed by atoms with Crippen molar-refractivity contribution in [1.29, 1.82) is 0 Å². The van der Waals surface area contributed by atoms with E-state index in [9.17, 15) is 13.2 Å². The van der Waals surface area contributed by atoms with Crippen molar-refractivity contribution >= 4 is 27.5 Å². The number of rotatable bonds is 8. The molecule has 3 aromatic rings. The number of pyridine rings is 1. The molecule has 1 aromatic carbocycles. The Morgan fingerprint density at radius 3 is 2.52 bits per heavy atom. The van der Waals surface area contributed by atoms with Crippen molar-refractivity contribution < 1.29 is 23.4 Å². The van der Waals surface area contributed by atoms with Gasteiger partial charge in [-0.05, 0) is 29.8 Å². The van der Waals surface area contributed by atoms with E-state index in [-0.39, 0.29) is 43.1 Å². The normalized spacial score (nSPS) is 11.9. The van der Waals surface area contributed by atoms with Gasteiger partial charge in [0, 0.05) is 31.8 Å². The Hall–Kier alpha value is -2.86. The average Bonchev–Trinajstić information content (AvgIpc) is 3.08. The van der Waals surface area contributed by atoms with Crippen molar-refractivity contribution in [2.24, 2.45) is 0 Å². The lowest BCUT2D eigenvalue weighted by Gasteiger charge is -2.20. The Morgan fingerprint density at radius 1 is 1.14 bits per heavy atom. The van der Waals surface area contributed by atoms with E-state index in [1.807, 2.05) is 0 Å². The number of carbonyl (C=O) groups is 1. The van der Waals surface area contributed by atoms with Gasteiger partial charge in [-0.25, -0.2) is 12.9 Å². The van der Waals surface area contributed by atoms with E-state index >= 15 is 0 Å². The molecule has 0 unspecified atom stereocenters. The summed E-state index contributed by atoms with van der Waals surface area (Å²) < 4.78 is 28.2. The summed E-state index contributed by atoms with van der Waals surface area (Å²) >= 11 is 0. The topological polar surface area (TPSA) is 137 Å². The molecule has 2 heterocycles. The summed E-state index contributed by atoms with van der Waals surface area (Å²) in [5.74, 6) is -0.107. The van der Waals surface area contributed by atoms with Crippen LogP contribution in [0.3, 0.4) is 0 Å². The monoisotopic (exact) mass is 419 g/mol. The number of benzene rings is 1. The predicted octanol–water partition coefficient (Wildman–Crippen LogP) is 0.330. The van der Waals surface area contributed by atoms with Gasteiger partial charge in [-0.3, -0.25) is 10.1 Å². The molecule has 10 nitrogen and oxygen atoms in total. The largest absolute Gasteiger partial charge is 0.395 e. The molecule has 11 heteroatoms. The van der Waals surface area contributed by atoms with Crippen molar-refractivity contribution in [3.8, 4) is 11.1 Å². The molecule has 0 aliphatic carbocycles. The first kappa shape index (κ1) is 20.9. The Kier molecular flexibility index (Phi) is 6.23. The van der Waals surface area contributed by atoms with Crippen LogP contribution in [0, 0.1) is 0 Å². The minimum atomic E-state index is -3.88. The zero-order chi connectivity index (χ0) is 21.0. The second-order valence-corrected chi connectivity index (χ2v) is 8.15. The van der Waals surface area contributed by atoms with Gasteiger partial charge in [-0.2, -0.15) is 9.29 Å². The maximum atomic E-state index is 12.9. The molecule has 0 fully saturated rings. The van der Waals surface area contributed by atoms with Crippen LogP contribution >= 0.6 is 0 Å². The molecule has 0 bridgehead atoms. The fourth-order valence-electron chi connectivity index (χ4n) is 2.82. The molecule has 3 N–H and O–H groups in total. The van der Waals surface area contributed by atoms with Crippen molar-refractivity contribution in [1.82, 2.24) is 18.9 Å². The highest BCUT2D eigenvalue weighted by atomic mass is 32.2. The zero-order valence-corrected chi connectivity index (χ0v) is 16.5. The second kappa shape index (κ2) is 8.66. The second-order valence-electron chi connectivity index (χ2n) is 6.22. The smallest absolute Gasteiger partial charge is 0.249 e. The lowest BCUT2D eigenvalue weighted by molar-refractivity contribution is -0.114. The number of sulfonamides is 1. The highest BCUT2D eigenvalue weighted by Crippen LogP contribution is 2.25. The maximum absolute atomic E-state index is 12.9. The SMILES string of the molecule is CC(=O)Nc1nc2ccc(-c3cccc(S(=O)(=O)N(CCO)CCO)c3)cn2n1. The van der Waals surface area contributed by atoms with E-state index in [0.717, 1.165) is 4.31 Å². The minimum absolute atomic E-state index is 0.0505. The number of aliphatic hydroxyl groups is 2. The Morgan fingerprint density at radius 2 is 1.86 bits per heavy atom. The predicted molar refractivity (Wildman–Crippen MR) is 106 cm³/mol. The van der Waals surface area contributed by atoms with Gasteiger partial charge < -0.3 is 10.2 Å². The Bertz CT molecular complexity index is 1120. The maximum Gasteiger partial charge on any atom is 0.249 e.